The molecule has 20 heavy (non-hydrogen) atoms. The predicted molar refractivity (Wildman–Crippen MR) is 81.9 cm³/mol. The first-order valence-electron chi connectivity index (χ1n) is 6.89. The Morgan fingerprint density at radius 1 is 1.05 bits per heavy atom. The van der Waals surface area contributed by atoms with Gasteiger partial charge >= 0.3 is 0 Å². The molecule has 2 aromatic rings. The minimum atomic E-state index is 0.109. The lowest BCUT2D eigenvalue weighted by atomic mass is 10.1. The highest BCUT2D eigenvalue weighted by Gasteiger charge is 2.12. The Hall–Kier alpha value is -2.10. The summed E-state index contributed by atoms with van der Waals surface area (Å²) in [6.45, 7) is 6.31. The van der Waals surface area contributed by atoms with Gasteiger partial charge in [0.15, 0.2) is 5.82 Å². The van der Waals surface area contributed by atoms with Crippen LogP contribution in [0.4, 0.5) is 5.82 Å². The van der Waals surface area contributed by atoms with Gasteiger partial charge in [0.2, 0.25) is 5.88 Å². The van der Waals surface area contributed by atoms with E-state index >= 15 is 0 Å². The second-order valence-electron chi connectivity index (χ2n) is 5.10. The molecule has 0 aliphatic rings. The molecule has 2 rings (SSSR count). The fraction of sp³-hybridized carbons (Fsp3) is 0.375. The van der Waals surface area contributed by atoms with Crippen LogP contribution in [0.5, 0.6) is 5.88 Å². The number of aromatic nitrogens is 2. The molecule has 4 heteroatoms. The lowest BCUT2D eigenvalue weighted by Gasteiger charge is -2.18. The summed E-state index contributed by atoms with van der Waals surface area (Å²) in [6.07, 6.45) is 0.109. The molecule has 0 fully saturated rings. The summed E-state index contributed by atoms with van der Waals surface area (Å²) in [5, 5.41) is 3.05. The molecule has 1 aromatic carbocycles. The molecule has 0 aliphatic carbocycles. The van der Waals surface area contributed by atoms with Gasteiger partial charge in [-0.05, 0) is 12.8 Å². The number of rotatable bonds is 5. The Labute approximate surface area is 120 Å². The van der Waals surface area contributed by atoms with Crippen molar-refractivity contribution in [3.8, 4) is 17.3 Å². The quantitative estimate of drug-likeness (QED) is 0.902. The molecule has 106 valence electrons. The maximum absolute atomic E-state index is 5.89. The SMILES string of the molecule is CNc1cc(OC(C)C(C)C)nc(-c2ccccc2)n1. The van der Waals surface area contributed by atoms with Crippen molar-refractivity contribution in [3.63, 3.8) is 0 Å². The number of nitrogens with zero attached hydrogens (tertiary/aromatic N) is 2. The summed E-state index contributed by atoms with van der Waals surface area (Å²) in [6, 6.07) is 11.7. The number of hydrogen-bond acceptors (Lipinski definition) is 4. The van der Waals surface area contributed by atoms with E-state index < -0.39 is 0 Å². The number of ether oxygens (including phenoxy) is 1. The van der Waals surface area contributed by atoms with Crippen LogP contribution in [0.15, 0.2) is 36.4 Å². The van der Waals surface area contributed by atoms with Gasteiger partial charge in [-0.1, -0.05) is 44.2 Å². The minimum absolute atomic E-state index is 0.109. The lowest BCUT2D eigenvalue weighted by Crippen LogP contribution is -2.19. The smallest absolute Gasteiger partial charge is 0.219 e. The van der Waals surface area contributed by atoms with E-state index in [4.69, 9.17) is 4.74 Å². The Morgan fingerprint density at radius 3 is 2.35 bits per heavy atom. The van der Waals surface area contributed by atoms with E-state index in [2.05, 4.69) is 29.1 Å². The maximum Gasteiger partial charge on any atom is 0.219 e. The van der Waals surface area contributed by atoms with Gasteiger partial charge in [-0.3, -0.25) is 0 Å². The average Bonchev–Trinajstić information content (AvgIpc) is 2.47. The molecule has 0 saturated carbocycles. The second-order valence-corrected chi connectivity index (χ2v) is 5.10. The Morgan fingerprint density at radius 2 is 1.75 bits per heavy atom. The van der Waals surface area contributed by atoms with Gasteiger partial charge in [0.25, 0.3) is 0 Å². The van der Waals surface area contributed by atoms with Crippen LogP contribution in [-0.2, 0) is 0 Å². The molecule has 0 amide bonds. The summed E-state index contributed by atoms with van der Waals surface area (Å²) >= 11 is 0. The third kappa shape index (κ3) is 3.47. The number of nitrogens with one attached hydrogen (secondary N) is 1. The topological polar surface area (TPSA) is 47.0 Å². The van der Waals surface area contributed by atoms with Crippen LogP contribution in [0.2, 0.25) is 0 Å². The van der Waals surface area contributed by atoms with E-state index in [1.165, 1.54) is 0 Å². The molecule has 1 aromatic heterocycles. The maximum atomic E-state index is 5.89. The van der Waals surface area contributed by atoms with E-state index in [-0.39, 0.29) is 6.10 Å². The molecular formula is C16H21N3O. The van der Waals surface area contributed by atoms with Crippen molar-refractivity contribution in [2.24, 2.45) is 5.92 Å². The van der Waals surface area contributed by atoms with Crippen LogP contribution < -0.4 is 10.1 Å². The van der Waals surface area contributed by atoms with Crippen LogP contribution in [0.1, 0.15) is 20.8 Å². The van der Waals surface area contributed by atoms with Gasteiger partial charge in [-0.25, -0.2) is 4.98 Å². The van der Waals surface area contributed by atoms with E-state index in [9.17, 15) is 0 Å². The zero-order valence-corrected chi connectivity index (χ0v) is 12.4. The first-order chi connectivity index (χ1) is 9.60. The summed E-state index contributed by atoms with van der Waals surface area (Å²) < 4.78 is 5.89. The molecule has 0 saturated heterocycles. The van der Waals surface area contributed by atoms with E-state index in [0.29, 0.717) is 17.6 Å². The Bertz CT molecular complexity index is 555. The van der Waals surface area contributed by atoms with Crippen LogP contribution >= 0.6 is 0 Å². The standard InChI is InChI=1S/C16H21N3O/c1-11(2)12(3)20-15-10-14(17-4)18-16(19-15)13-8-6-5-7-9-13/h5-12H,1-4H3,(H,17,18,19). The van der Waals surface area contributed by atoms with Crippen molar-refractivity contribution in [1.82, 2.24) is 9.97 Å². The summed E-state index contributed by atoms with van der Waals surface area (Å²) in [5.74, 6) is 2.46. The molecule has 1 atom stereocenters. The zero-order chi connectivity index (χ0) is 14.5. The summed E-state index contributed by atoms with van der Waals surface area (Å²) in [4.78, 5) is 8.97. The normalized spacial score (nSPS) is 12.2. The highest BCUT2D eigenvalue weighted by Crippen LogP contribution is 2.22. The Balaban J connectivity index is 2.34. The van der Waals surface area contributed by atoms with Gasteiger partial charge in [0.1, 0.15) is 5.82 Å². The first-order valence-corrected chi connectivity index (χ1v) is 6.89. The molecular weight excluding hydrogens is 250 g/mol. The van der Waals surface area contributed by atoms with E-state index in [1.807, 2.05) is 50.4 Å². The van der Waals surface area contributed by atoms with Crippen LogP contribution in [0, 0.1) is 5.92 Å². The molecule has 0 spiro atoms. The van der Waals surface area contributed by atoms with E-state index in [1.54, 1.807) is 0 Å². The number of anilines is 1. The Kier molecular flexibility index (Phi) is 4.56. The third-order valence-electron chi connectivity index (χ3n) is 3.24. The number of benzene rings is 1. The third-order valence-corrected chi connectivity index (χ3v) is 3.24. The van der Waals surface area contributed by atoms with Gasteiger partial charge in [-0.15, -0.1) is 0 Å². The molecule has 1 heterocycles. The molecule has 4 nitrogen and oxygen atoms in total. The highest BCUT2D eigenvalue weighted by atomic mass is 16.5. The first kappa shape index (κ1) is 14.3. The number of hydrogen-bond donors (Lipinski definition) is 1. The van der Waals surface area contributed by atoms with Gasteiger partial charge in [-0.2, -0.15) is 4.98 Å². The fourth-order valence-electron chi connectivity index (χ4n) is 1.66. The highest BCUT2D eigenvalue weighted by molar-refractivity contribution is 5.58. The summed E-state index contributed by atoms with van der Waals surface area (Å²) in [7, 11) is 1.84. The van der Waals surface area contributed by atoms with Crippen LogP contribution in [0.25, 0.3) is 11.4 Å². The van der Waals surface area contributed by atoms with Crippen LogP contribution in [0.3, 0.4) is 0 Å². The average molecular weight is 271 g/mol. The van der Waals surface area contributed by atoms with Gasteiger partial charge in [0, 0.05) is 18.7 Å². The van der Waals surface area contributed by atoms with Crippen molar-refractivity contribution in [2.75, 3.05) is 12.4 Å². The largest absolute Gasteiger partial charge is 0.474 e. The van der Waals surface area contributed by atoms with Crippen molar-refractivity contribution in [1.29, 1.82) is 0 Å². The molecule has 1 unspecified atom stereocenters. The fourth-order valence-corrected chi connectivity index (χ4v) is 1.66. The molecule has 0 radical (unpaired) electrons. The molecule has 1 N–H and O–H groups in total. The van der Waals surface area contributed by atoms with Crippen molar-refractivity contribution in [2.45, 2.75) is 26.9 Å². The van der Waals surface area contributed by atoms with Crippen molar-refractivity contribution < 1.29 is 4.74 Å². The predicted octanol–water partition coefficient (Wildman–Crippen LogP) is 3.61. The van der Waals surface area contributed by atoms with Gasteiger partial charge < -0.3 is 10.1 Å². The van der Waals surface area contributed by atoms with Gasteiger partial charge in [0.05, 0.1) is 6.10 Å². The minimum Gasteiger partial charge on any atom is -0.474 e. The van der Waals surface area contributed by atoms with E-state index in [0.717, 1.165) is 11.4 Å². The molecule has 0 aliphatic heterocycles. The zero-order valence-electron chi connectivity index (χ0n) is 12.4. The van der Waals surface area contributed by atoms with Crippen molar-refractivity contribution in [3.05, 3.63) is 36.4 Å². The summed E-state index contributed by atoms with van der Waals surface area (Å²) in [5.41, 5.74) is 0.978. The molecule has 0 bridgehead atoms. The monoisotopic (exact) mass is 271 g/mol. The lowest BCUT2D eigenvalue weighted by molar-refractivity contribution is 0.163. The second kappa shape index (κ2) is 6.37. The van der Waals surface area contributed by atoms with Crippen LogP contribution in [-0.4, -0.2) is 23.1 Å². The van der Waals surface area contributed by atoms with Crippen molar-refractivity contribution >= 4 is 5.82 Å².